The normalized spacial score (nSPS) is 19.3. The van der Waals surface area contributed by atoms with E-state index < -0.39 is 17.9 Å². The number of hydrogen-bond donors (Lipinski definition) is 1. The molecule has 0 radical (unpaired) electrons. The van der Waals surface area contributed by atoms with Gasteiger partial charge in [-0.05, 0) is 62.5 Å². The molecule has 9 nitrogen and oxygen atoms in total. The highest BCUT2D eigenvalue weighted by molar-refractivity contribution is 5.82. The zero-order valence-corrected chi connectivity index (χ0v) is 21.7. The van der Waals surface area contributed by atoms with Crippen molar-refractivity contribution in [3.63, 3.8) is 0 Å². The number of nitrogens with two attached hydrogens (primary N) is 1. The Morgan fingerprint density at radius 3 is 2.76 bits per heavy atom. The SMILES string of the molecule is CC(C)c1noc(N2CCC(CCCOc3ccc(CC(N)C(=O)N4CCCC4C#N)c(F)c3)CC2)n1. The number of hydrogen-bond acceptors (Lipinski definition) is 8. The molecule has 2 unspecified atom stereocenters. The van der Waals surface area contributed by atoms with Gasteiger partial charge in [0.1, 0.15) is 17.6 Å². The van der Waals surface area contributed by atoms with E-state index in [2.05, 4.69) is 21.1 Å². The Balaban J connectivity index is 1.17. The van der Waals surface area contributed by atoms with E-state index in [0.29, 0.717) is 42.8 Å². The van der Waals surface area contributed by atoms with Crippen molar-refractivity contribution >= 4 is 11.9 Å². The van der Waals surface area contributed by atoms with Crippen LogP contribution in [0.3, 0.4) is 0 Å². The molecular weight excluding hydrogens is 475 g/mol. The van der Waals surface area contributed by atoms with Crippen molar-refractivity contribution in [2.24, 2.45) is 11.7 Å². The van der Waals surface area contributed by atoms with Crippen LogP contribution in [0.2, 0.25) is 0 Å². The number of likely N-dealkylation sites (tertiary alicyclic amines) is 1. The molecule has 200 valence electrons. The number of nitrogens with zero attached hydrogens (tertiary/aromatic N) is 5. The van der Waals surface area contributed by atoms with Gasteiger partial charge in [0.2, 0.25) is 5.91 Å². The summed E-state index contributed by atoms with van der Waals surface area (Å²) in [5.41, 5.74) is 6.43. The van der Waals surface area contributed by atoms with E-state index in [1.54, 1.807) is 12.1 Å². The molecule has 0 aliphatic carbocycles. The van der Waals surface area contributed by atoms with Gasteiger partial charge in [0, 0.05) is 31.6 Å². The zero-order chi connectivity index (χ0) is 26.4. The van der Waals surface area contributed by atoms with Crippen molar-refractivity contribution in [1.82, 2.24) is 15.0 Å². The molecule has 4 rings (SSSR count). The fourth-order valence-electron chi connectivity index (χ4n) is 5.05. The molecule has 0 bridgehead atoms. The summed E-state index contributed by atoms with van der Waals surface area (Å²) >= 11 is 0. The fourth-order valence-corrected chi connectivity index (χ4v) is 5.05. The summed E-state index contributed by atoms with van der Waals surface area (Å²) in [7, 11) is 0. The lowest BCUT2D eigenvalue weighted by Crippen LogP contribution is -2.46. The summed E-state index contributed by atoms with van der Waals surface area (Å²) in [5.74, 6) is 1.34. The smallest absolute Gasteiger partial charge is 0.324 e. The minimum atomic E-state index is -0.876. The lowest BCUT2D eigenvalue weighted by Gasteiger charge is -2.30. The van der Waals surface area contributed by atoms with Gasteiger partial charge in [-0.15, -0.1) is 0 Å². The van der Waals surface area contributed by atoms with Crippen molar-refractivity contribution in [3.8, 4) is 11.8 Å². The second-order valence-corrected chi connectivity index (χ2v) is 10.4. The highest BCUT2D eigenvalue weighted by Gasteiger charge is 2.32. The van der Waals surface area contributed by atoms with E-state index in [1.165, 1.54) is 11.0 Å². The lowest BCUT2D eigenvalue weighted by molar-refractivity contribution is -0.132. The average Bonchev–Trinajstić information content (AvgIpc) is 3.58. The maximum Gasteiger partial charge on any atom is 0.324 e. The number of carbonyl (C=O) groups excluding carboxylic acids is 1. The summed E-state index contributed by atoms with van der Waals surface area (Å²) in [6.07, 6.45) is 5.60. The average molecular weight is 513 g/mol. The molecule has 1 aromatic carbocycles. The molecule has 2 saturated heterocycles. The Labute approximate surface area is 217 Å². The van der Waals surface area contributed by atoms with Crippen LogP contribution in [0, 0.1) is 23.1 Å². The molecule has 2 N–H and O–H groups in total. The second kappa shape index (κ2) is 12.4. The first-order valence-corrected chi connectivity index (χ1v) is 13.3. The molecule has 2 aliphatic heterocycles. The summed E-state index contributed by atoms with van der Waals surface area (Å²) in [6.45, 7) is 6.94. The highest BCUT2D eigenvalue weighted by atomic mass is 19.1. The van der Waals surface area contributed by atoms with Crippen molar-refractivity contribution < 1.29 is 18.4 Å². The predicted molar refractivity (Wildman–Crippen MR) is 136 cm³/mol. The molecule has 2 fully saturated rings. The van der Waals surface area contributed by atoms with Gasteiger partial charge in [-0.25, -0.2) is 4.39 Å². The number of piperidine rings is 1. The van der Waals surface area contributed by atoms with Gasteiger partial charge < -0.3 is 24.8 Å². The minimum Gasteiger partial charge on any atom is -0.493 e. The first kappa shape index (κ1) is 26.9. The largest absolute Gasteiger partial charge is 0.493 e. The van der Waals surface area contributed by atoms with E-state index in [-0.39, 0.29) is 18.2 Å². The summed E-state index contributed by atoms with van der Waals surface area (Å²) < 4.78 is 25.9. The summed E-state index contributed by atoms with van der Waals surface area (Å²) in [4.78, 5) is 20.8. The van der Waals surface area contributed by atoms with E-state index in [4.69, 9.17) is 15.0 Å². The van der Waals surface area contributed by atoms with Crippen LogP contribution in [-0.4, -0.2) is 59.3 Å². The number of amides is 1. The van der Waals surface area contributed by atoms with Crippen LogP contribution in [0.1, 0.15) is 69.7 Å². The number of halogens is 1. The number of nitriles is 1. The Hall–Kier alpha value is -3.19. The number of benzene rings is 1. The Morgan fingerprint density at radius 1 is 1.30 bits per heavy atom. The quantitative estimate of drug-likeness (QED) is 0.477. The monoisotopic (exact) mass is 512 g/mol. The molecule has 10 heteroatoms. The third-order valence-electron chi connectivity index (χ3n) is 7.32. The number of carbonyl (C=O) groups is 1. The Kier molecular flexibility index (Phi) is 8.98. The van der Waals surface area contributed by atoms with Crippen LogP contribution in [0.5, 0.6) is 5.75 Å². The number of aromatic nitrogens is 2. The van der Waals surface area contributed by atoms with Crippen LogP contribution < -0.4 is 15.4 Å². The van der Waals surface area contributed by atoms with Crippen LogP contribution in [0.15, 0.2) is 22.7 Å². The van der Waals surface area contributed by atoms with Gasteiger partial charge >= 0.3 is 6.01 Å². The molecule has 2 aliphatic rings. The van der Waals surface area contributed by atoms with Crippen LogP contribution in [0.4, 0.5) is 10.4 Å². The maximum atomic E-state index is 14.7. The first-order valence-electron chi connectivity index (χ1n) is 13.3. The standard InChI is InChI=1S/C27H37FN6O3/c1-18(2)25-31-27(37-32-25)33-12-9-19(10-13-33)5-4-14-36-22-8-7-20(23(28)16-22)15-24(30)26(35)34-11-3-6-21(34)17-29/h7-8,16,18-19,21,24H,3-6,9-15,30H2,1-2H3. The van der Waals surface area contributed by atoms with Gasteiger partial charge in [0.15, 0.2) is 5.82 Å². The van der Waals surface area contributed by atoms with Crippen LogP contribution in [0.25, 0.3) is 0 Å². The van der Waals surface area contributed by atoms with Crippen molar-refractivity contribution in [2.75, 3.05) is 31.1 Å². The van der Waals surface area contributed by atoms with Crippen LogP contribution in [-0.2, 0) is 11.2 Å². The number of ether oxygens (including phenoxy) is 1. The van der Waals surface area contributed by atoms with Crippen molar-refractivity contribution in [2.45, 2.75) is 76.8 Å². The molecule has 1 aromatic heterocycles. The van der Waals surface area contributed by atoms with Gasteiger partial charge in [0.25, 0.3) is 0 Å². The fraction of sp³-hybridized carbons (Fsp3) is 0.630. The van der Waals surface area contributed by atoms with Gasteiger partial charge in [-0.3, -0.25) is 4.79 Å². The van der Waals surface area contributed by atoms with Crippen molar-refractivity contribution in [1.29, 1.82) is 5.26 Å². The molecule has 0 spiro atoms. The Morgan fingerprint density at radius 2 is 2.08 bits per heavy atom. The van der Waals surface area contributed by atoms with Crippen LogP contribution >= 0.6 is 0 Å². The molecule has 1 amide bonds. The zero-order valence-electron chi connectivity index (χ0n) is 21.7. The molecule has 2 aromatic rings. The minimum absolute atomic E-state index is 0.0840. The third kappa shape index (κ3) is 6.77. The lowest BCUT2D eigenvalue weighted by atomic mass is 9.92. The topological polar surface area (TPSA) is 122 Å². The van der Waals surface area contributed by atoms with Gasteiger partial charge in [-0.1, -0.05) is 25.1 Å². The van der Waals surface area contributed by atoms with Crippen molar-refractivity contribution in [3.05, 3.63) is 35.4 Å². The van der Waals surface area contributed by atoms with E-state index in [1.807, 2.05) is 13.8 Å². The molecule has 37 heavy (non-hydrogen) atoms. The molecule has 2 atom stereocenters. The summed E-state index contributed by atoms with van der Waals surface area (Å²) in [6, 6.07) is 6.14. The predicted octanol–water partition coefficient (Wildman–Crippen LogP) is 3.79. The van der Waals surface area contributed by atoms with E-state index >= 15 is 0 Å². The van der Waals surface area contributed by atoms with E-state index in [9.17, 15) is 14.4 Å². The Bertz CT molecular complexity index is 1090. The van der Waals surface area contributed by atoms with Gasteiger partial charge in [0.05, 0.1) is 18.7 Å². The van der Waals surface area contributed by atoms with E-state index in [0.717, 1.165) is 51.0 Å². The first-order chi connectivity index (χ1) is 17.9. The highest BCUT2D eigenvalue weighted by Crippen LogP contribution is 2.26. The van der Waals surface area contributed by atoms with Gasteiger partial charge in [-0.2, -0.15) is 10.2 Å². The number of anilines is 1. The number of rotatable bonds is 10. The molecule has 3 heterocycles. The molecular formula is C27H37FN6O3. The maximum absolute atomic E-state index is 14.7. The molecule has 0 saturated carbocycles. The second-order valence-electron chi connectivity index (χ2n) is 10.4. The summed E-state index contributed by atoms with van der Waals surface area (Å²) in [5, 5.41) is 13.2. The third-order valence-corrected chi connectivity index (χ3v) is 7.32.